The predicted molar refractivity (Wildman–Crippen MR) is 112 cm³/mol. The highest BCUT2D eigenvalue weighted by atomic mass is 16.5. The van der Waals surface area contributed by atoms with Gasteiger partial charge in [0.1, 0.15) is 11.5 Å². The second-order valence-electron chi connectivity index (χ2n) is 7.26. The molecular weight excluding hydrogens is 368 g/mol. The van der Waals surface area contributed by atoms with E-state index in [0.29, 0.717) is 13.2 Å². The maximum absolute atomic E-state index is 12.1. The third-order valence-electron chi connectivity index (χ3n) is 5.04. The number of hydrogen-bond donors (Lipinski definition) is 2. The van der Waals surface area contributed by atoms with Gasteiger partial charge >= 0.3 is 0 Å². The van der Waals surface area contributed by atoms with Gasteiger partial charge in [0.05, 0.1) is 13.7 Å². The van der Waals surface area contributed by atoms with E-state index >= 15 is 0 Å². The largest absolute Gasteiger partial charge is 0.497 e. The highest BCUT2D eigenvalue weighted by Crippen LogP contribution is 2.30. The van der Waals surface area contributed by atoms with Crippen molar-refractivity contribution in [2.75, 3.05) is 25.6 Å². The van der Waals surface area contributed by atoms with Crippen LogP contribution >= 0.6 is 0 Å². The molecule has 29 heavy (non-hydrogen) atoms. The van der Waals surface area contributed by atoms with Crippen LogP contribution in [0.2, 0.25) is 0 Å². The average Bonchev–Trinajstić information content (AvgIpc) is 2.75. The van der Waals surface area contributed by atoms with Crippen molar-refractivity contribution in [3.8, 4) is 11.5 Å². The molecule has 1 heterocycles. The molecule has 1 aliphatic rings. The molecule has 1 atom stereocenters. The van der Waals surface area contributed by atoms with Crippen LogP contribution in [0.3, 0.4) is 0 Å². The van der Waals surface area contributed by atoms with Gasteiger partial charge in [0.25, 0.3) is 0 Å². The molecule has 0 saturated carbocycles. The molecule has 154 valence electrons. The average molecular weight is 396 g/mol. The van der Waals surface area contributed by atoms with Gasteiger partial charge in [-0.15, -0.1) is 0 Å². The molecule has 1 unspecified atom stereocenters. The van der Waals surface area contributed by atoms with Crippen LogP contribution in [0.25, 0.3) is 0 Å². The molecule has 0 bridgehead atoms. The third kappa shape index (κ3) is 5.98. The Kier molecular flexibility index (Phi) is 7.11. The highest BCUT2D eigenvalue weighted by Gasteiger charge is 2.21. The number of methoxy groups -OCH3 is 1. The Balaban J connectivity index is 1.39. The van der Waals surface area contributed by atoms with E-state index in [4.69, 9.17) is 9.47 Å². The first kappa shape index (κ1) is 20.7. The van der Waals surface area contributed by atoms with Gasteiger partial charge in [0, 0.05) is 37.1 Å². The van der Waals surface area contributed by atoms with Crippen LogP contribution < -0.4 is 20.1 Å². The van der Waals surface area contributed by atoms with Crippen molar-refractivity contribution < 1.29 is 19.1 Å². The van der Waals surface area contributed by atoms with E-state index in [-0.39, 0.29) is 30.6 Å². The Labute approximate surface area is 171 Å². The summed E-state index contributed by atoms with van der Waals surface area (Å²) in [5.41, 5.74) is 3.05. The van der Waals surface area contributed by atoms with Gasteiger partial charge in [-0.25, -0.2) is 0 Å². The van der Waals surface area contributed by atoms with Gasteiger partial charge < -0.3 is 20.1 Å². The molecule has 0 spiro atoms. The Morgan fingerprint density at radius 2 is 1.97 bits per heavy atom. The lowest BCUT2D eigenvalue weighted by atomic mass is 9.96. The predicted octanol–water partition coefficient (Wildman–Crippen LogP) is 3.34. The Bertz CT molecular complexity index is 866. The fourth-order valence-electron chi connectivity index (χ4n) is 3.34. The smallest absolute Gasteiger partial charge is 0.224 e. The molecule has 1 aliphatic heterocycles. The van der Waals surface area contributed by atoms with E-state index in [1.807, 2.05) is 42.5 Å². The van der Waals surface area contributed by atoms with Crippen LogP contribution in [0.15, 0.2) is 42.5 Å². The van der Waals surface area contributed by atoms with E-state index in [1.165, 1.54) is 0 Å². The first-order valence-electron chi connectivity index (χ1n) is 10.0. The van der Waals surface area contributed by atoms with Crippen LogP contribution in [0.5, 0.6) is 11.5 Å². The van der Waals surface area contributed by atoms with Gasteiger partial charge in [-0.05, 0) is 42.2 Å². The van der Waals surface area contributed by atoms with Crippen LogP contribution in [-0.4, -0.2) is 32.1 Å². The van der Waals surface area contributed by atoms with Gasteiger partial charge in [-0.3, -0.25) is 9.59 Å². The Morgan fingerprint density at radius 1 is 1.14 bits per heavy atom. The van der Waals surface area contributed by atoms with Gasteiger partial charge in [-0.2, -0.15) is 0 Å². The number of fused-ring (bicyclic) bond motifs is 1. The summed E-state index contributed by atoms with van der Waals surface area (Å²) < 4.78 is 11.0. The molecule has 2 N–H and O–H groups in total. The SMILES string of the molecule is CCc1cccc(NC(=O)CCC(=O)NCC2COc3cc(OC)ccc3C2)c1. The summed E-state index contributed by atoms with van der Waals surface area (Å²) in [5.74, 6) is 1.55. The van der Waals surface area contributed by atoms with Crippen molar-refractivity contribution in [1.29, 1.82) is 0 Å². The lowest BCUT2D eigenvalue weighted by Gasteiger charge is -2.25. The number of nitrogens with one attached hydrogen (secondary N) is 2. The molecule has 2 aromatic carbocycles. The number of benzene rings is 2. The summed E-state index contributed by atoms with van der Waals surface area (Å²) in [7, 11) is 1.63. The standard InChI is InChI=1S/C23H28N2O4/c1-3-16-5-4-6-19(12-16)25-23(27)10-9-22(26)24-14-17-11-18-7-8-20(28-2)13-21(18)29-15-17/h4-8,12-13,17H,3,9-11,14-15H2,1-2H3,(H,24,26)(H,25,27). The summed E-state index contributed by atoms with van der Waals surface area (Å²) in [6.45, 7) is 3.15. The van der Waals surface area contributed by atoms with E-state index < -0.39 is 0 Å². The number of amides is 2. The molecule has 3 rings (SSSR count). The Morgan fingerprint density at radius 3 is 2.76 bits per heavy atom. The maximum Gasteiger partial charge on any atom is 0.224 e. The van der Waals surface area contributed by atoms with E-state index in [0.717, 1.165) is 41.2 Å². The molecule has 6 heteroatoms. The molecule has 2 amide bonds. The minimum Gasteiger partial charge on any atom is -0.497 e. The van der Waals surface area contributed by atoms with Crippen molar-refractivity contribution in [3.05, 3.63) is 53.6 Å². The van der Waals surface area contributed by atoms with Crippen molar-refractivity contribution in [2.24, 2.45) is 5.92 Å². The number of hydrogen-bond acceptors (Lipinski definition) is 4. The van der Waals surface area contributed by atoms with Gasteiger partial charge in [0.2, 0.25) is 11.8 Å². The molecule has 6 nitrogen and oxygen atoms in total. The third-order valence-corrected chi connectivity index (χ3v) is 5.04. The van der Waals surface area contributed by atoms with Crippen molar-refractivity contribution in [3.63, 3.8) is 0 Å². The zero-order valence-electron chi connectivity index (χ0n) is 17.0. The summed E-state index contributed by atoms with van der Waals surface area (Å²) in [6.07, 6.45) is 2.08. The number of carbonyl (C=O) groups is 2. The second kappa shape index (κ2) is 9.96. The lowest BCUT2D eigenvalue weighted by Crippen LogP contribution is -2.35. The van der Waals surface area contributed by atoms with E-state index in [1.54, 1.807) is 7.11 Å². The van der Waals surface area contributed by atoms with Crippen molar-refractivity contribution >= 4 is 17.5 Å². The highest BCUT2D eigenvalue weighted by molar-refractivity contribution is 5.93. The molecule has 0 radical (unpaired) electrons. The van der Waals surface area contributed by atoms with E-state index in [9.17, 15) is 9.59 Å². The van der Waals surface area contributed by atoms with Crippen LogP contribution in [0, 0.1) is 5.92 Å². The second-order valence-corrected chi connectivity index (χ2v) is 7.26. The summed E-state index contributed by atoms with van der Waals surface area (Å²) in [5, 5.41) is 5.77. The molecule has 0 saturated heterocycles. The molecular formula is C23H28N2O4. The number of anilines is 1. The minimum absolute atomic E-state index is 0.122. The summed E-state index contributed by atoms with van der Waals surface area (Å²) in [6, 6.07) is 13.5. The monoisotopic (exact) mass is 396 g/mol. The number of ether oxygens (including phenoxy) is 2. The number of aryl methyl sites for hydroxylation is 1. The lowest BCUT2D eigenvalue weighted by molar-refractivity contribution is -0.124. The summed E-state index contributed by atoms with van der Waals surface area (Å²) in [4.78, 5) is 24.2. The van der Waals surface area contributed by atoms with Gasteiger partial charge in [0.15, 0.2) is 0 Å². The van der Waals surface area contributed by atoms with Gasteiger partial charge in [-0.1, -0.05) is 25.1 Å². The fraction of sp³-hybridized carbons (Fsp3) is 0.391. The zero-order valence-corrected chi connectivity index (χ0v) is 17.0. The topological polar surface area (TPSA) is 76.7 Å². The normalized spacial score (nSPS) is 15.0. The maximum atomic E-state index is 12.1. The zero-order chi connectivity index (χ0) is 20.6. The van der Waals surface area contributed by atoms with Crippen molar-refractivity contribution in [1.82, 2.24) is 5.32 Å². The molecule has 0 fully saturated rings. The van der Waals surface area contributed by atoms with Crippen LogP contribution in [-0.2, 0) is 22.4 Å². The molecule has 2 aromatic rings. The number of carbonyl (C=O) groups excluding carboxylic acids is 2. The molecule has 0 aliphatic carbocycles. The van der Waals surface area contributed by atoms with Crippen LogP contribution in [0.4, 0.5) is 5.69 Å². The number of rotatable bonds is 8. The fourth-order valence-corrected chi connectivity index (χ4v) is 3.34. The van der Waals surface area contributed by atoms with E-state index in [2.05, 4.69) is 17.6 Å². The van der Waals surface area contributed by atoms with Crippen molar-refractivity contribution in [2.45, 2.75) is 32.6 Å². The van der Waals surface area contributed by atoms with Crippen LogP contribution in [0.1, 0.15) is 30.9 Å². The first-order chi connectivity index (χ1) is 14.1. The summed E-state index contributed by atoms with van der Waals surface area (Å²) >= 11 is 0. The molecule has 0 aromatic heterocycles. The first-order valence-corrected chi connectivity index (χ1v) is 10.0. The minimum atomic E-state index is -0.155. The Hall–Kier alpha value is -3.02. The quantitative estimate of drug-likeness (QED) is 0.718.